The Bertz CT molecular complexity index is 693. The van der Waals surface area contributed by atoms with Gasteiger partial charge in [-0.2, -0.15) is 18.0 Å². The SMILES string of the molecule is C=CCOC(=O)C(=[N+]=[N-])C(=O)C[C@@H](N)c1ccco1.O=C(O)C(F)(F)F. The third-order valence-corrected chi connectivity index (χ3v) is 2.45. The van der Waals surface area contributed by atoms with E-state index in [1.54, 1.807) is 12.1 Å². The number of ether oxygens (including phenoxy) is 1. The summed E-state index contributed by atoms with van der Waals surface area (Å²) in [7, 11) is 0. The first-order valence-corrected chi connectivity index (χ1v) is 6.66. The molecule has 1 aromatic rings. The highest BCUT2D eigenvalue weighted by molar-refractivity contribution is 6.62. The number of aliphatic carboxylic acids is 1. The summed E-state index contributed by atoms with van der Waals surface area (Å²) in [6.45, 7) is 3.26. The predicted molar refractivity (Wildman–Crippen MR) is 78.7 cm³/mol. The normalized spacial score (nSPS) is 11.2. The van der Waals surface area contributed by atoms with Crippen molar-refractivity contribution in [3.8, 4) is 0 Å². The minimum Gasteiger partial charge on any atom is -0.475 e. The number of carboxylic acids is 1. The molecule has 26 heavy (non-hydrogen) atoms. The highest BCUT2D eigenvalue weighted by Gasteiger charge is 2.38. The Morgan fingerprint density at radius 2 is 2.04 bits per heavy atom. The van der Waals surface area contributed by atoms with Crippen LogP contribution in [0.3, 0.4) is 0 Å². The fourth-order valence-corrected chi connectivity index (χ4v) is 1.31. The minimum absolute atomic E-state index is 0.0879. The molecule has 0 unspecified atom stereocenters. The van der Waals surface area contributed by atoms with E-state index in [1.807, 2.05) is 0 Å². The van der Waals surface area contributed by atoms with Crippen LogP contribution in [0.2, 0.25) is 0 Å². The Labute approximate surface area is 144 Å². The van der Waals surface area contributed by atoms with Gasteiger partial charge in [0, 0.05) is 6.42 Å². The lowest BCUT2D eigenvalue weighted by Gasteiger charge is -2.05. The van der Waals surface area contributed by atoms with Gasteiger partial charge < -0.3 is 25.5 Å². The molecule has 0 aliphatic rings. The van der Waals surface area contributed by atoms with Gasteiger partial charge in [0.1, 0.15) is 12.4 Å². The van der Waals surface area contributed by atoms with Crippen LogP contribution in [-0.2, 0) is 19.1 Å². The Morgan fingerprint density at radius 1 is 1.46 bits per heavy atom. The molecule has 1 heterocycles. The summed E-state index contributed by atoms with van der Waals surface area (Å²) < 4.78 is 41.4. The van der Waals surface area contributed by atoms with E-state index in [0.717, 1.165) is 0 Å². The van der Waals surface area contributed by atoms with Crippen molar-refractivity contribution in [3.05, 3.63) is 42.3 Å². The first kappa shape index (κ1) is 22.8. The first-order valence-electron chi connectivity index (χ1n) is 6.66. The number of nitrogens with zero attached hydrogens (tertiary/aromatic N) is 2. The van der Waals surface area contributed by atoms with Crippen molar-refractivity contribution in [2.45, 2.75) is 18.6 Å². The number of Topliss-reactive ketones (excluding diaryl/α,β-unsaturated/α-hetero) is 1. The molecular formula is C14H14F3N3O6. The number of alkyl halides is 3. The molecule has 0 aromatic carbocycles. The minimum atomic E-state index is -5.08. The summed E-state index contributed by atoms with van der Waals surface area (Å²) in [5.41, 5.74) is 13.7. The number of rotatable bonds is 7. The van der Waals surface area contributed by atoms with Crippen molar-refractivity contribution in [2.75, 3.05) is 6.61 Å². The van der Waals surface area contributed by atoms with Crippen molar-refractivity contribution < 1.29 is 46.6 Å². The molecule has 3 N–H and O–H groups in total. The molecule has 0 spiro atoms. The number of carbonyl (C=O) groups excluding carboxylic acids is 2. The quantitative estimate of drug-likeness (QED) is 0.181. The fourth-order valence-electron chi connectivity index (χ4n) is 1.31. The largest absolute Gasteiger partial charge is 0.490 e. The summed E-state index contributed by atoms with van der Waals surface area (Å²) in [5.74, 6) is -4.13. The number of hydrogen-bond donors (Lipinski definition) is 2. The van der Waals surface area contributed by atoms with Crippen LogP contribution in [0.15, 0.2) is 35.5 Å². The Hall–Kier alpha value is -3.24. The van der Waals surface area contributed by atoms with Crippen LogP contribution in [0.4, 0.5) is 13.2 Å². The van der Waals surface area contributed by atoms with Crippen molar-refractivity contribution in [1.29, 1.82) is 0 Å². The zero-order valence-electron chi connectivity index (χ0n) is 13.1. The molecule has 0 saturated heterocycles. The van der Waals surface area contributed by atoms with Gasteiger partial charge in [0.05, 0.1) is 12.3 Å². The summed E-state index contributed by atoms with van der Waals surface area (Å²) in [6, 6.07) is 2.49. The third-order valence-electron chi connectivity index (χ3n) is 2.45. The number of halogens is 3. The zero-order valence-corrected chi connectivity index (χ0v) is 13.1. The molecule has 9 nitrogen and oxygen atoms in total. The van der Waals surface area contributed by atoms with E-state index in [4.69, 9.17) is 25.6 Å². The number of furan rings is 1. The van der Waals surface area contributed by atoms with Crippen molar-refractivity contribution in [3.63, 3.8) is 0 Å². The van der Waals surface area contributed by atoms with Gasteiger partial charge in [0.15, 0.2) is 0 Å². The van der Waals surface area contributed by atoms with Gasteiger partial charge in [-0.25, -0.2) is 9.59 Å². The average Bonchev–Trinajstić information content (AvgIpc) is 3.07. The van der Waals surface area contributed by atoms with E-state index < -0.39 is 35.7 Å². The van der Waals surface area contributed by atoms with Crippen LogP contribution in [0.1, 0.15) is 18.2 Å². The summed E-state index contributed by atoms with van der Waals surface area (Å²) in [4.78, 5) is 34.7. The van der Waals surface area contributed by atoms with E-state index in [-0.39, 0.29) is 13.0 Å². The van der Waals surface area contributed by atoms with E-state index in [1.165, 1.54) is 12.3 Å². The monoisotopic (exact) mass is 377 g/mol. The van der Waals surface area contributed by atoms with E-state index >= 15 is 0 Å². The van der Waals surface area contributed by atoms with Gasteiger partial charge in [-0.05, 0) is 12.1 Å². The second kappa shape index (κ2) is 10.6. The standard InChI is InChI=1S/C12H13N3O4.C2HF3O2/c1-2-5-19-12(17)11(15-14)9(16)7-8(13)10-4-3-6-18-10;3-2(4,5)1(6)7/h2-4,6,8H,1,5,7,13H2;(H,6,7)/t8-;/m1./s1. The summed E-state index contributed by atoms with van der Waals surface area (Å²) in [5, 5.41) is 7.12. The van der Waals surface area contributed by atoms with Crippen LogP contribution in [0.25, 0.3) is 5.53 Å². The maximum atomic E-state index is 11.7. The molecular weight excluding hydrogens is 363 g/mol. The van der Waals surface area contributed by atoms with Gasteiger partial charge in [-0.1, -0.05) is 12.7 Å². The molecule has 142 valence electrons. The second-order valence-corrected chi connectivity index (χ2v) is 4.39. The van der Waals surface area contributed by atoms with E-state index in [0.29, 0.717) is 5.76 Å². The topological polar surface area (TPSA) is 156 Å². The number of carboxylic acid groups (broad SMARTS) is 1. The molecule has 0 aliphatic heterocycles. The van der Waals surface area contributed by atoms with Crippen LogP contribution in [0, 0.1) is 0 Å². The maximum Gasteiger partial charge on any atom is 0.490 e. The molecule has 1 rings (SSSR count). The molecule has 0 fully saturated rings. The summed E-state index contributed by atoms with van der Waals surface area (Å²) in [6.07, 6.45) is -2.58. The number of hydrogen-bond acceptors (Lipinski definition) is 6. The third kappa shape index (κ3) is 8.04. The number of ketones is 1. The molecule has 12 heteroatoms. The maximum absolute atomic E-state index is 11.7. The number of nitrogens with two attached hydrogens (primary N) is 1. The summed E-state index contributed by atoms with van der Waals surface area (Å²) >= 11 is 0. The van der Waals surface area contributed by atoms with Gasteiger partial charge in [-0.3, -0.25) is 4.79 Å². The van der Waals surface area contributed by atoms with Crippen molar-refractivity contribution >= 4 is 23.4 Å². The number of carbonyl (C=O) groups is 3. The van der Waals surface area contributed by atoms with E-state index in [9.17, 15) is 22.8 Å². The predicted octanol–water partition coefficient (Wildman–Crippen LogP) is 1.27. The lowest BCUT2D eigenvalue weighted by Crippen LogP contribution is -2.30. The van der Waals surface area contributed by atoms with Gasteiger partial charge in [0.25, 0.3) is 5.78 Å². The number of esters is 1. The Morgan fingerprint density at radius 3 is 2.42 bits per heavy atom. The smallest absolute Gasteiger partial charge is 0.475 e. The van der Waals surface area contributed by atoms with Gasteiger partial charge >= 0.3 is 23.8 Å². The fraction of sp³-hybridized carbons (Fsp3) is 0.286. The van der Waals surface area contributed by atoms with Crippen LogP contribution >= 0.6 is 0 Å². The highest BCUT2D eigenvalue weighted by atomic mass is 19.4. The molecule has 1 aromatic heterocycles. The lowest BCUT2D eigenvalue weighted by atomic mass is 10.1. The average molecular weight is 377 g/mol. The molecule has 0 saturated carbocycles. The van der Waals surface area contributed by atoms with Gasteiger partial charge in [0.2, 0.25) is 0 Å². The van der Waals surface area contributed by atoms with Crippen molar-refractivity contribution in [2.24, 2.45) is 5.73 Å². The molecule has 0 amide bonds. The lowest BCUT2D eigenvalue weighted by molar-refractivity contribution is -0.192. The van der Waals surface area contributed by atoms with Crippen molar-refractivity contribution in [1.82, 2.24) is 0 Å². The van der Waals surface area contributed by atoms with Gasteiger partial charge in [-0.15, -0.1) is 0 Å². The van der Waals surface area contributed by atoms with Crippen LogP contribution < -0.4 is 5.73 Å². The molecule has 0 aliphatic carbocycles. The van der Waals surface area contributed by atoms with Crippen LogP contribution in [-0.4, -0.2) is 46.1 Å². The highest BCUT2D eigenvalue weighted by Crippen LogP contribution is 2.15. The van der Waals surface area contributed by atoms with Crippen LogP contribution in [0.5, 0.6) is 0 Å². The molecule has 1 atom stereocenters. The van der Waals surface area contributed by atoms with E-state index in [2.05, 4.69) is 16.1 Å². The Kier molecular flexibility index (Phi) is 9.27. The molecule has 0 bridgehead atoms. The second-order valence-electron chi connectivity index (χ2n) is 4.39. The Balaban J connectivity index is 0.000000758. The molecule has 0 radical (unpaired) electrons. The zero-order chi connectivity index (χ0) is 20.3. The first-order chi connectivity index (χ1) is 12.0.